The Bertz CT molecular complexity index is 826. The zero-order chi connectivity index (χ0) is 20.7. The summed E-state index contributed by atoms with van der Waals surface area (Å²) in [4.78, 5) is 25.2. The summed E-state index contributed by atoms with van der Waals surface area (Å²) in [7, 11) is 0. The van der Waals surface area contributed by atoms with Crippen molar-refractivity contribution in [2.24, 2.45) is 0 Å². The van der Waals surface area contributed by atoms with E-state index in [1.54, 1.807) is 31.2 Å². The van der Waals surface area contributed by atoms with Crippen molar-refractivity contribution in [1.82, 2.24) is 0 Å². The van der Waals surface area contributed by atoms with Gasteiger partial charge in [0.2, 0.25) is 5.91 Å². The van der Waals surface area contributed by atoms with E-state index in [4.69, 9.17) is 10.5 Å². The highest BCUT2D eigenvalue weighted by molar-refractivity contribution is 8.00. The number of ether oxygens (including phenoxy) is 1. The third kappa shape index (κ3) is 6.49. The SMILES string of the molecule is CCOC(=O)CC(Sc1ccc(N)cc1)C(=O)Nc1cccc(C(F)(F)F)c1. The Morgan fingerprint density at radius 1 is 1.18 bits per heavy atom. The summed E-state index contributed by atoms with van der Waals surface area (Å²) in [6.07, 6.45) is -4.75. The lowest BCUT2D eigenvalue weighted by Crippen LogP contribution is -2.28. The average molecular weight is 412 g/mol. The van der Waals surface area contributed by atoms with Crippen LogP contribution >= 0.6 is 11.8 Å². The Kier molecular flexibility index (Phi) is 7.33. The molecule has 0 aliphatic rings. The molecule has 0 radical (unpaired) electrons. The van der Waals surface area contributed by atoms with Crippen molar-refractivity contribution >= 4 is 35.0 Å². The molecule has 0 fully saturated rings. The van der Waals surface area contributed by atoms with Crippen LogP contribution in [0.4, 0.5) is 24.5 Å². The molecular weight excluding hydrogens is 393 g/mol. The fraction of sp³-hybridized carbons (Fsp3) is 0.263. The Hall–Kier alpha value is -2.68. The Morgan fingerprint density at radius 3 is 2.46 bits per heavy atom. The van der Waals surface area contributed by atoms with Crippen LogP contribution < -0.4 is 11.1 Å². The van der Waals surface area contributed by atoms with Gasteiger partial charge in [-0.2, -0.15) is 13.2 Å². The van der Waals surface area contributed by atoms with Crippen LogP contribution in [-0.2, 0) is 20.5 Å². The molecule has 0 bridgehead atoms. The van der Waals surface area contributed by atoms with E-state index in [9.17, 15) is 22.8 Å². The second-order valence-electron chi connectivity index (χ2n) is 5.75. The Balaban J connectivity index is 2.18. The molecule has 0 saturated heterocycles. The van der Waals surface area contributed by atoms with Crippen molar-refractivity contribution in [3.05, 3.63) is 54.1 Å². The highest BCUT2D eigenvalue weighted by atomic mass is 32.2. The van der Waals surface area contributed by atoms with Crippen molar-refractivity contribution in [2.45, 2.75) is 29.7 Å². The van der Waals surface area contributed by atoms with Crippen molar-refractivity contribution in [1.29, 1.82) is 0 Å². The number of nitrogens with two attached hydrogens (primary N) is 1. The molecule has 0 aromatic heterocycles. The first kappa shape index (κ1) is 21.6. The van der Waals surface area contributed by atoms with Crippen LogP contribution in [0.15, 0.2) is 53.4 Å². The lowest BCUT2D eigenvalue weighted by Gasteiger charge is -2.17. The number of rotatable bonds is 7. The fourth-order valence-electron chi connectivity index (χ4n) is 2.27. The summed E-state index contributed by atoms with van der Waals surface area (Å²) in [5.74, 6) is -1.18. The van der Waals surface area contributed by atoms with Gasteiger partial charge in [0, 0.05) is 16.3 Å². The summed E-state index contributed by atoms with van der Waals surface area (Å²) >= 11 is 1.10. The van der Waals surface area contributed by atoms with Crippen LogP contribution in [0.1, 0.15) is 18.9 Å². The molecule has 0 aliphatic carbocycles. The molecule has 3 N–H and O–H groups in total. The van der Waals surface area contributed by atoms with Crippen LogP contribution in [-0.4, -0.2) is 23.7 Å². The average Bonchev–Trinajstić information content (AvgIpc) is 2.62. The maximum absolute atomic E-state index is 12.9. The van der Waals surface area contributed by atoms with Gasteiger partial charge in [0.15, 0.2) is 0 Å². The van der Waals surface area contributed by atoms with Crippen molar-refractivity contribution < 1.29 is 27.5 Å². The maximum atomic E-state index is 12.9. The quantitative estimate of drug-likeness (QED) is 0.402. The molecule has 2 aromatic carbocycles. The number of esters is 1. The fourth-order valence-corrected chi connectivity index (χ4v) is 3.27. The summed E-state index contributed by atoms with van der Waals surface area (Å²) in [6.45, 7) is 1.80. The number of thioether (sulfide) groups is 1. The molecule has 1 amide bonds. The number of benzene rings is 2. The van der Waals surface area contributed by atoms with E-state index in [1.807, 2.05) is 0 Å². The molecule has 0 heterocycles. The summed E-state index contributed by atoms with van der Waals surface area (Å²) in [5, 5.41) is 1.55. The molecular formula is C19H19F3N2O3S. The van der Waals surface area contributed by atoms with Gasteiger partial charge in [-0.25, -0.2) is 0 Å². The molecule has 9 heteroatoms. The van der Waals surface area contributed by atoms with E-state index >= 15 is 0 Å². The molecule has 0 aliphatic heterocycles. The number of halogens is 3. The van der Waals surface area contributed by atoms with Crippen LogP contribution in [0, 0.1) is 0 Å². The summed E-state index contributed by atoms with van der Waals surface area (Å²) in [5.41, 5.74) is 5.29. The van der Waals surface area contributed by atoms with Crippen molar-refractivity contribution in [3.8, 4) is 0 Å². The minimum atomic E-state index is -4.52. The number of alkyl halides is 3. The maximum Gasteiger partial charge on any atom is 0.416 e. The van der Waals surface area contributed by atoms with E-state index in [2.05, 4.69) is 5.32 Å². The van der Waals surface area contributed by atoms with Gasteiger partial charge in [-0.3, -0.25) is 9.59 Å². The van der Waals surface area contributed by atoms with Crippen molar-refractivity contribution in [2.75, 3.05) is 17.7 Å². The number of nitrogens with one attached hydrogen (secondary N) is 1. The summed E-state index contributed by atoms with van der Waals surface area (Å²) < 4.78 is 43.5. The molecule has 2 aromatic rings. The molecule has 150 valence electrons. The van der Waals surface area contributed by atoms with E-state index in [0.717, 1.165) is 23.9 Å². The van der Waals surface area contributed by atoms with Gasteiger partial charge in [-0.05, 0) is 49.4 Å². The number of nitrogen functional groups attached to an aromatic ring is 1. The molecule has 1 atom stereocenters. The van der Waals surface area contributed by atoms with Gasteiger partial charge in [0.05, 0.1) is 23.8 Å². The topological polar surface area (TPSA) is 81.4 Å². The Labute approximate surface area is 164 Å². The van der Waals surface area contributed by atoms with Gasteiger partial charge in [0.25, 0.3) is 0 Å². The first-order chi connectivity index (χ1) is 13.2. The van der Waals surface area contributed by atoms with Gasteiger partial charge in [0.1, 0.15) is 0 Å². The first-order valence-electron chi connectivity index (χ1n) is 8.35. The number of hydrogen-bond acceptors (Lipinski definition) is 5. The number of anilines is 2. The monoisotopic (exact) mass is 412 g/mol. The lowest BCUT2D eigenvalue weighted by molar-refractivity contribution is -0.143. The third-order valence-electron chi connectivity index (χ3n) is 3.57. The lowest BCUT2D eigenvalue weighted by atomic mass is 10.2. The molecule has 0 spiro atoms. The van der Waals surface area contributed by atoms with Crippen molar-refractivity contribution in [3.63, 3.8) is 0 Å². The highest BCUT2D eigenvalue weighted by Crippen LogP contribution is 2.31. The van der Waals surface area contributed by atoms with Crippen LogP contribution in [0.2, 0.25) is 0 Å². The van der Waals surface area contributed by atoms with Gasteiger partial charge >= 0.3 is 12.1 Å². The highest BCUT2D eigenvalue weighted by Gasteiger charge is 2.31. The van der Waals surface area contributed by atoms with E-state index < -0.39 is 28.9 Å². The third-order valence-corrected chi connectivity index (χ3v) is 4.78. The van der Waals surface area contributed by atoms with Gasteiger partial charge < -0.3 is 15.8 Å². The van der Waals surface area contributed by atoms with Gasteiger partial charge in [-0.15, -0.1) is 11.8 Å². The minimum Gasteiger partial charge on any atom is -0.466 e. The van der Waals surface area contributed by atoms with E-state index in [1.165, 1.54) is 12.1 Å². The van der Waals surface area contributed by atoms with E-state index in [0.29, 0.717) is 10.6 Å². The predicted molar refractivity (Wildman–Crippen MR) is 102 cm³/mol. The molecule has 0 saturated carbocycles. The molecule has 1 unspecified atom stereocenters. The molecule has 2 rings (SSSR count). The molecule has 28 heavy (non-hydrogen) atoms. The summed E-state index contributed by atoms with van der Waals surface area (Å²) in [6, 6.07) is 11.0. The zero-order valence-corrected chi connectivity index (χ0v) is 15.8. The first-order valence-corrected chi connectivity index (χ1v) is 9.23. The number of carbonyl (C=O) groups is 2. The number of hydrogen-bond donors (Lipinski definition) is 2. The smallest absolute Gasteiger partial charge is 0.416 e. The minimum absolute atomic E-state index is 0.00779. The van der Waals surface area contributed by atoms with E-state index in [-0.39, 0.29) is 18.7 Å². The van der Waals surface area contributed by atoms with Crippen LogP contribution in [0.3, 0.4) is 0 Å². The van der Waals surface area contributed by atoms with Gasteiger partial charge in [-0.1, -0.05) is 6.07 Å². The largest absolute Gasteiger partial charge is 0.466 e. The standard InChI is InChI=1S/C19H19F3N2O3S/c1-2-27-17(25)11-16(28-15-8-6-13(23)7-9-15)18(26)24-14-5-3-4-12(10-14)19(20,21)22/h3-10,16H,2,11,23H2,1H3,(H,24,26). The van der Waals surface area contributed by atoms with Crippen LogP contribution in [0.5, 0.6) is 0 Å². The predicted octanol–water partition coefficient (Wildman–Crippen LogP) is 4.34. The zero-order valence-electron chi connectivity index (χ0n) is 15.0. The second-order valence-corrected chi connectivity index (χ2v) is 7.03. The van der Waals surface area contributed by atoms with Crippen LogP contribution in [0.25, 0.3) is 0 Å². The molecule has 5 nitrogen and oxygen atoms in total. The second kappa shape index (κ2) is 9.50. The number of amides is 1. The Morgan fingerprint density at radius 2 is 1.86 bits per heavy atom. The normalized spacial score (nSPS) is 12.3. The number of carbonyl (C=O) groups excluding carboxylic acids is 2.